The second kappa shape index (κ2) is 12.7. The molecule has 7 heteroatoms. The van der Waals surface area contributed by atoms with E-state index in [4.69, 9.17) is 29.8 Å². The fourth-order valence-corrected chi connectivity index (χ4v) is 1.03. The minimum atomic E-state index is -0.771. The number of carbonyl (C=O) groups is 1. The van der Waals surface area contributed by atoms with Gasteiger partial charge in [0.05, 0.1) is 33.0 Å². The number of aliphatic hydroxyl groups excluding tert-OH is 1. The van der Waals surface area contributed by atoms with Crippen molar-refractivity contribution in [3.63, 3.8) is 0 Å². The fraction of sp³-hybridized carbons (Fsp3) is 0.909. The third kappa shape index (κ3) is 10.4. The van der Waals surface area contributed by atoms with E-state index in [0.717, 1.165) is 0 Å². The summed E-state index contributed by atoms with van der Waals surface area (Å²) in [6.07, 6.45) is 0.201. The van der Waals surface area contributed by atoms with Gasteiger partial charge in [-0.3, -0.25) is 4.79 Å². The van der Waals surface area contributed by atoms with Crippen molar-refractivity contribution in [3.8, 4) is 0 Å². The molecule has 0 spiro atoms. The summed E-state index contributed by atoms with van der Waals surface area (Å²) in [6.45, 7) is 2.31. The zero-order valence-corrected chi connectivity index (χ0v) is 10.8. The minimum Gasteiger partial charge on any atom is -0.462 e. The van der Waals surface area contributed by atoms with E-state index in [2.05, 4.69) is 0 Å². The number of rotatable bonds is 12. The van der Waals surface area contributed by atoms with Crippen LogP contribution in [0, 0.1) is 0 Å². The maximum absolute atomic E-state index is 11.2. The lowest BCUT2D eigenvalue weighted by Crippen LogP contribution is -2.33. The van der Waals surface area contributed by atoms with Crippen molar-refractivity contribution < 1.29 is 28.8 Å². The summed E-state index contributed by atoms with van der Waals surface area (Å²) in [4.78, 5) is 11.2. The van der Waals surface area contributed by atoms with Gasteiger partial charge in [0, 0.05) is 13.7 Å². The molecule has 3 N–H and O–H groups in total. The molecule has 0 aromatic heterocycles. The van der Waals surface area contributed by atoms with Gasteiger partial charge in [0.15, 0.2) is 0 Å². The monoisotopic (exact) mass is 265 g/mol. The standard InChI is InChI=1S/C11H23NO6/c1-15-4-5-16-6-7-17-8-9-18-11(14)10(12)2-3-13/h10,13H,2-9,12H2,1H3/t10-/m1/s1. The third-order valence-corrected chi connectivity index (χ3v) is 2.02. The maximum atomic E-state index is 11.2. The van der Waals surface area contributed by atoms with E-state index in [1.54, 1.807) is 7.11 Å². The molecule has 0 saturated carbocycles. The molecular formula is C11H23NO6. The molecule has 0 aromatic rings. The SMILES string of the molecule is COCCOCCOCCOC(=O)[C@H](N)CCO. The Kier molecular flexibility index (Phi) is 12.2. The van der Waals surface area contributed by atoms with Crippen molar-refractivity contribution in [2.24, 2.45) is 5.73 Å². The van der Waals surface area contributed by atoms with Crippen LogP contribution in [0.5, 0.6) is 0 Å². The third-order valence-electron chi connectivity index (χ3n) is 2.02. The predicted molar refractivity (Wildman–Crippen MR) is 64.2 cm³/mol. The number of aliphatic hydroxyl groups is 1. The van der Waals surface area contributed by atoms with Gasteiger partial charge < -0.3 is 29.8 Å². The van der Waals surface area contributed by atoms with Crippen LogP contribution in [0.1, 0.15) is 6.42 Å². The van der Waals surface area contributed by atoms with Crippen molar-refractivity contribution in [2.45, 2.75) is 12.5 Å². The van der Waals surface area contributed by atoms with Crippen LogP contribution in [0.3, 0.4) is 0 Å². The molecule has 0 amide bonds. The fourth-order valence-electron chi connectivity index (χ4n) is 1.03. The summed E-state index contributed by atoms with van der Waals surface area (Å²) in [6, 6.07) is -0.771. The molecule has 0 aromatic carbocycles. The molecule has 0 rings (SSSR count). The average Bonchev–Trinajstić information content (AvgIpc) is 2.36. The van der Waals surface area contributed by atoms with Gasteiger partial charge in [-0.2, -0.15) is 0 Å². The summed E-state index contributed by atoms with van der Waals surface area (Å²) in [5.41, 5.74) is 5.43. The second-order valence-corrected chi connectivity index (χ2v) is 3.50. The van der Waals surface area contributed by atoms with E-state index in [0.29, 0.717) is 33.0 Å². The summed E-state index contributed by atoms with van der Waals surface area (Å²) in [5, 5.41) is 8.58. The smallest absolute Gasteiger partial charge is 0.323 e. The first kappa shape index (κ1) is 17.3. The lowest BCUT2D eigenvalue weighted by Gasteiger charge is -2.10. The zero-order chi connectivity index (χ0) is 13.6. The summed E-state index contributed by atoms with van der Waals surface area (Å²) in [7, 11) is 1.61. The van der Waals surface area contributed by atoms with Crippen LogP contribution in [0.15, 0.2) is 0 Å². The normalized spacial score (nSPS) is 12.4. The molecule has 0 saturated heterocycles. The molecule has 0 aliphatic rings. The molecule has 0 aliphatic carbocycles. The largest absolute Gasteiger partial charge is 0.462 e. The Morgan fingerprint density at radius 2 is 1.67 bits per heavy atom. The Balaban J connectivity index is 3.22. The number of methoxy groups -OCH3 is 1. The van der Waals surface area contributed by atoms with Crippen molar-refractivity contribution in [2.75, 3.05) is 53.4 Å². The molecule has 7 nitrogen and oxygen atoms in total. The van der Waals surface area contributed by atoms with E-state index in [1.807, 2.05) is 0 Å². The summed E-state index contributed by atoms with van der Waals surface area (Å²) < 4.78 is 20.0. The molecule has 0 aliphatic heterocycles. The van der Waals surface area contributed by atoms with Crippen LogP contribution in [-0.4, -0.2) is 70.5 Å². The van der Waals surface area contributed by atoms with Crippen LogP contribution in [0.4, 0.5) is 0 Å². The van der Waals surface area contributed by atoms with Gasteiger partial charge >= 0.3 is 5.97 Å². The average molecular weight is 265 g/mol. The van der Waals surface area contributed by atoms with Gasteiger partial charge in [-0.15, -0.1) is 0 Å². The molecule has 0 unspecified atom stereocenters. The Hall–Kier alpha value is -0.730. The Bertz CT molecular complexity index is 202. The first-order valence-corrected chi connectivity index (χ1v) is 5.90. The van der Waals surface area contributed by atoms with Gasteiger partial charge in [0.1, 0.15) is 12.6 Å². The highest BCUT2D eigenvalue weighted by atomic mass is 16.6. The topological polar surface area (TPSA) is 100 Å². The van der Waals surface area contributed by atoms with Crippen molar-refractivity contribution >= 4 is 5.97 Å². The number of hydrogen-bond donors (Lipinski definition) is 2. The number of nitrogens with two attached hydrogens (primary N) is 1. The van der Waals surface area contributed by atoms with Crippen LogP contribution < -0.4 is 5.73 Å². The summed E-state index contributed by atoms with van der Waals surface area (Å²) >= 11 is 0. The van der Waals surface area contributed by atoms with E-state index >= 15 is 0 Å². The summed E-state index contributed by atoms with van der Waals surface area (Å²) in [5.74, 6) is -0.524. The predicted octanol–water partition coefficient (Wildman–Crippen LogP) is -1.08. The number of ether oxygens (including phenoxy) is 4. The van der Waals surface area contributed by atoms with Crippen LogP contribution in [0.25, 0.3) is 0 Å². The molecular weight excluding hydrogens is 242 g/mol. The van der Waals surface area contributed by atoms with Crippen LogP contribution in [0.2, 0.25) is 0 Å². The van der Waals surface area contributed by atoms with Crippen molar-refractivity contribution in [3.05, 3.63) is 0 Å². The zero-order valence-electron chi connectivity index (χ0n) is 10.8. The molecule has 1 atom stereocenters. The van der Waals surface area contributed by atoms with Gasteiger partial charge in [-0.1, -0.05) is 0 Å². The van der Waals surface area contributed by atoms with E-state index < -0.39 is 12.0 Å². The van der Waals surface area contributed by atoms with Gasteiger partial charge in [0.25, 0.3) is 0 Å². The molecule has 0 heterocycles. The molecule has 0 radical (unpaired) electrons. The van der Waals surface area contributed by atoms with E-state index in [-0.39, 0.29) is 19.6 Å². The van der Waals surface area contributed by atoms with Crippen LogP contribution in [-0.2, 0) is 23.7 Å². The van der Waals surface area contributed by atoms with Gasteiger partial charge in [-0.25, -0.2) is 0 Å². The van der Waals surface area contributed by atoms with E-state index in [1.165, 1.54) is 0 Å². The van der Waals surface area contributed by atoms with Crippen molar-refractivity contribution in [1.82, 2.24) is 0 Å². The first-order chi connectivity index (χ1) is 8.72. The number of hydrogen-bond acceptors (Lipinski definition) is 7. The second-order valence-electron chi connectivity index (χ2n) is 3.50. The van der Waals surface area contributed by atoms with Gasteiger partial charge in [0.2, 0.25) is 0 Å². The van der Waals surface area contributed by atoms with Gasteiger partial charge in [-0.05, 0) is 6.42 Å². The lowest BCUT2D eigenvalue weighted by molar-refractivity contribution is -0.147. The first-order valence-electron chi connectivity index (χ1n) is 5.90. The quantitative estimate of drug-likeness (QED) is 0.342. The minimum absolute atomic E-state index is 0.133. The Labute approximate surface area is 107 Å². The highest BCUT2D eigenvalue weighted by Crippen LogP contribution is 1.91. The number of esters is 1. The van der Waals surface area contributed by atoms with Crippen molar-refractivity contribution in [1.29, 1.82) is 0 Å². The van der Waals surface area contributed by atoms with Crippen LogP contribution >= 0.6 is 0 Å². The highest BCUT2D eigenvalue weighted by Gasteiger charge is 2.13. The Morgan fingerprint density at radius 1 is 1.11 bits per heavy atom. The molecule has 0 bridgehead atoms. The molecule has 108 valence electrons. The lowest BCUT2D eigenvalue weighted by atomic mass is 10.2. The molecule has 18 heavy (non-hydrogen) atoms. The number of carbonyl (C=O) groups excluding carboxylic acids is 1. The molecule has 0 fully saturated rings. The highest BCUT2D eigenvalue weighted by molar-refractivity contribution is 5.75. The van der Waals surface area contributed by atoms with E-state index in [9.17, 15) is 4.79 Å². The maximum Gasteiger partial charge on any atom is 0.323 e. The Morgan fingerprint density at radius 3 is 2.22 bits per heavy atom.